The van der Waals surface area contributed by atoms with Gasteiger partial charge in [0.15, 0.2) is 0 Å². The predicted molar refractivity (Wildman–Crippen MR) is 111 cm³/mol. The van der Waals surface area contributed by atoms with Crippen molar-refractivity contribution in [1.29, 1.82) is 0 Å². The first kappa shape index (κ1) is 16.6. The van der Waals surface area contributed by atoms with E-state index in [1.54, 1.807) is 0 Å². The Morgan fingerprint density at radius 1 is 1.18 bits per heavy atom. The second-order valence-corrected chi connectivity index (χ2v) is 8.49. The average molecular weight is 535 g/mol. The lowest BCUT2D eigenvalue weighted by atomic mass is 10.1. The van der Waals surface area contributed by atoms with Crippen LogP contribution in [0.3, 0.4) is 0 Å². The molecule has 2 nitrogen and oxygen atoms in total. The van der Waals surface area contributed by atoms with E-state index < -0.39 is 0 Å². The molecule has 1 aliphatic heterocycles. The Morgan fingerprint density at radius 3 is 2.59 bits per heavy atom. The molecule has 0 atom stereocenters. The smallest absolute Gasteiger partial charge is 0.146 e. The van der Waals surface area contributed by atoms with Crippen LogP contribution in [0, 0.1) is 14.1 Å². The summed E-state index contributed by atoms with van der Waals surface area (Å²) in [7, 11) is 0. The summed E-state index contributed by atoms with van der Waals surface area (Å²) in [4.78, 5) is 4.55. The second-order valence-electron chi connectivity index (χ2n) is 5.08. The Hall–Kier alpha value is -0.280. The standard InChI is InChI=1S/C17H15I2NOS/c1-11-3-2-4-12(7-11)10-21-16-14(18)8-13(9-15(16)19)17-20-5-6-22-17/h2-4,7-9H,5-6,10H2,1H3. The summed E-state index contributed by atoms with van der Waals surface area (Å²) in [5.74, 6) is 2.06. The molecule has 5 heteroatoms. The summed E-state index contributed by atoms with van der Waals surface area (Å²) >= 11 is 6.54. The molecule has 0 unspecified atom stereocenters. The molecule has 0 N–H and O–H groups in total. The Labute approximate surface area is 162 Å². The van der Waals surface area contributed by atoms with Gasteiger partial charge in [-0.1, -0.05) is 29.8 Å². The number of ether oxygens (including phenoxy) is 1. The number of benzene rings is 2. The van der Waals surface area contributed by atoms with E-state index in [-0.39, 0.29) is 0 Å². The molecular weight excluding hydrogens is 520 g/mol. The van der Waals surface area contributed by atoms with Crippen molar-refractivity contribution in [2.75, 3.05) is 12.3 Å². The van der Waals surface area contributed by atoms with Gasteiger partial charge in [0, 0.05) is 17.9 Å². The van der Waals surface area contributed by atoms with E-state index in [2.05, 4.69) is 93.5 Å². The Morgan fingerprint density at radius 2 is 1.95 bits per heavy atom. The first-order valence-electron chi connectivity index (χ1n) is 6.98. The fourth-order valence-corrected chi connectivity index (χ4v) is 5.21. The van der Waals surface area contributed by atoms with Crippen molar-refractivity contribution < 1.29 is 4.74 Å². The molecule has 0 saturated heterocycles. The predicted octanol–water partition coefficient (Wildman–Crippen LogP) is 5.28. The normalized spacial score (nSPS) is 14.0. The topological polar surface area (TPSA) is 21.6 Å². The largest absolute Gasteiger partial charge is 0.487 e. The van der Waals surface area contributed by atoms with E-state index in [4.69, 9.17) is 4.74 Å². The SMILES string of the molecule is Cc1cccc(COc2c(I)cc(C3=NCCS3)cc2I)c1. The van der Waals surface area contributed by atoms with Crippen LogP contribution in [0.2, 0.25) is 0 Å². The highest BCUT2D eigenvalue weighted by molar-refractivity contribution is 14.1. The number of aliphatic imine (C=N–C) groups is 1. The van der Waals surface area contributed by atoms with Gasteiger partial charge >= 0.3 is 0 Å². The fourth-order valence-electron chi connectivity index (χ4n) is 2.29. The molecule has 1 heterocycles. The highest BCUT2D eigenvalue weighted by Gasteiger charge is 2.15. The van der Waals surface area contributed by atoms with Gasteiger partial charge in [-0.2, -0.15) is 0 Å². The number of hydrogen-bond acceptors (Lipinski definition) is 3. The summed E-state index contributed by atoms with van der Waals surface area (Å²) in [6.07, 6.45) is 0. The van der Waals surface area contributed by atoms with E-state index in [9.17, 15) is 0 Å². The molecule has 3 rings (SSSR count). The third-order valence-electron chi connectivity index (χ3n) is 3.30. The van der Waals surface area contributed by atoms with E-state index >= 15 is 0 Å². The average Bonchev–Trinajstić information content (AvgIpc) is 3.00. The molecule has 22 heavy (non-hydrogen) atoms. The number of halogens is 2. The lowest BCUT2D eigenvalue weighted by Gasteiger charge is -2.13. The molecule has 0 aromatic heterocycles. The molecule has 0 bridgehead atoms. The summed E-state index contributed by atoms with van der Waals surface area (Å²) in [6.45, 7) is 3.63. The maximum absolute atomic E-state index is 6.06. The van der Waals surface area contributed by atoms with Gasteiger partial charge in [0.2, 0.25) is 0 Å². The Balaban J connectivity index is 1.79. The zero-order valence-corrected chi connectivity index (χ0v) is 17.2. The van der Waals surface area contributed by atoms with Crippen LogP contribution in [-0.4, -0.2) is 17.3 Å². The maximum atomic E-state index is 6.06. The second kappa shape index (κ2) is 7.53. The number of rotatable bonds is 4. The van der Waals surface area contributed by atoms with Crippen LogP contribution in [0.4, 0.5) is 0 Å². The summed E-state index contributed by atoms with van der Waals surface area (Å²) in [5, 5.41) is 1.15. The van der Waals surface area contributed by atoms with Crippen LogP contribution in [0.1, 0.15) is 16.7 Å². The molecule has 0 saturated carbocycles. The molecule has 0 aliphatic carbocycles. The summed E-state index contributed by atoms with van der Waals surface area (Å²) in [5.41, 5.74) is 3.67. The number of nitrogens with zero attached hydrogens (tertiary/aromatic N) is 1. The van der Waals surface area contributed by atoms with Crippen molar-refractivity contribution in [2.45, 2.75) is 13.5 Å². The van der Waals surface area contributed by atoms with Crippen LogP contribution in [0.5, 0.6) is 5.75 Å². The minimum atomic E-state index is 0.600. The molecule has 114 valence electrons. The highest BCUT2D eigenvalue weighted by atomic mass is 127. The van der Waals surface area contributed by atoms with Crippen molar-refractivity contribution in [3.8, 4) is 5.75 Å². The minimum Gasteiger partial charge on any atom is -0.487 e. The fraction of sp³-hybridized carbons (Fsp3) is 0.235. The van der Waals surface area contributed by atoms with Gasteiger partial charge in [-0.25, -0.2) is 0 Å². The third kappa shape index (κ3) is 3.97. The van der Waals surface area contributed by atoms with Crippen molar-refractivity contribution in [3.05, 3.63) is 60.2 Å². The van der Waals surface area contributed by atoms with Crippen molar-refractivity contribution in [2.24, 2.45) is 4.99 Å². The van der Waals surface area contributed by atoms with E-state index in [1.165, 1.54) is 16.7 Å². The summed E-state index contributed by atoms with van der Waals surface area (Å²) < 4.78 is 8.35. The first-order valence-corrected chi connectivity index (χ1v) is 10.1. The number of aryl methyl sites for hydroxylation is 1. The minimum absolute atomic E-state index is 0.600. The van der Waals surface area contributed by atoms with E-state index in [1.807, 2.05) is 11.8 Å². The van der Waals surface area contributed by atoms with Gasteiger partial charge in [0.1, 0.15) is 12.4 Å². The van der Waals surface area contributed by atoms with Gasteiger partial charge in [-0.15, -0.1) is 11.8 Å². The lowest BCUT2D eigenvalue weighted by Crippen LogP contribution is -2.02. The monoisotopic (exact) mass is 535 g/mol. The lowest BCUT2D eigenvalue weighted by molar-refractivity contribution is 0.301. The number of hydrogen-bond donors (Lipinski definition) is 0. The van der Waals surface area contributed by atoms with Gasteiger partial charge in [0.25, 0.3) is 0 Å². The van der Waals surface area contributed by atoms with Crippen LogP contribution < -0.4 is 4.74 Å². The van der Waals surface area contributed by atoms with Crippen molar-refractivity contribution in [3.63, 3.8) is 0 Å². The zero-order valence-electron chi connectivity index (χ0n) is 12.1. The van der Waals surface area contributed by atoms with Crippen molar-refractivity contribution in [1.82, 2.24) is 0 Å². The maximum Gasteiger partial charge on any atom is 0.146 e. The molecule has 2 aromatic carbocycles. The molecule has 1 aliphatic rings. The number of thioether (sulfide) groups is 1. The molecule has 0 radical (unpaired) electrons. The molecule has 2 aromatic rings. The molecule has 0 spiro atoms. The Bertz CT molecular complexity index is 707. The van der Waals surface area contributed by atoms with Crippen LogP contribution in [-0.2, 0) is 6.61 Å². The van der Waals surface area contributed by atoms with Crippen LogP contribution in [0.15, 0.2) is 41.4 Å². The quantitative estimate of drug-likeness (QED) is 0.498. The third-order valence-corrected chi connectivity index (χ3v) is 5.92. The zero-order chi connectivity index (χ0) is 15.5. The van der Waals surface area contributed by atoms with Gasteiger partial charge in [0.05, 0.1) is 12.2 Å². The van der Waals surface area contributed by atoms with Gasteiger partial charge in [-0.05, 0) is 69.8 Å². The first-order chi connectivity index (χ1) is 10.6. The van der Waals surface area contributed by atoms with Crippen LogP contribution in [0.25, 0.3) is 0 Å². The van der Waals surface area contributed by atoms with E-state index in [0.717, 1.165) is 30.2 Å². The summed E-state index contributed by atoms with van der Waals surface area (Å²) in [6, 6.07) is 12.8. The molecule has 0 fully saturated rings. The molecule has 0 amide bonds. The van der Waals surface area contributed by atoms with Crippen molar-refractivity contribution >= 4 is 62.0 Å². The highest BCUT2D eigenvalue weighted by Crippen LogP contribution is 2.32. The van der Waals surface area contributed by atoms with Crippen LogP contribution >= 0.6 is 56.9 Å². The molecular formula is C17H15I2NOS. The van der Waals surface area contributed by atoms with E-state index in [0.29, 0.717) is 6.61 Å². The Kier molecular flexibility index (Phi) is 5.67. The van der Waals surface area contributed by atoms with Gasteiger partial charge in [-0.3, -0.25) is 4.99 Å². The van der Waals surface area contributed by atoms with Gasteiger partial charge < -0.3 is 4.74 Å².